The molecule has 0 radical (unpaired) electrons. The molecule has 2 aromatic rings. The van der Waals surface area contributed by atoms with Crippen LogP contribution in [0.2, 0.25) is 5.02 Å². The number of aliphatic imine (C=N–C) groups is 1. The predicted octanol–water partition coefficient (Wildman–Crippen LogP) is 3.84. The van der Waals surface area contributed by atoms with Crippen LogP contribution >= 0.6 is 34.7 Å². The second-order valence-electron chi connectivity index (χ2n) is 8.20. The third kappa shape index (κ3) is 5.58. The summed E-state index contributed by atoms with van der Waals surface area (Å²) in [4.78, 5) is 34.7. The fourth-order valence-electron chi connectivity index (χ4n) is 3.81. The third-order valence-electron chi connectivity index (χ3n) is 5.86. The number of aryl methyl sites for hydroxylation is 1. The lowest BCUT2D eigenvalue weighted by Gasteiger charge is -2.24. The Kier molecular flexibility index (Phi) is 7.60. The summed E-state index contributed by atoms with van der Waals surface area (Å²) in [5, 5.41) is 2.68. The van der Waals surface area contributed by atoms with Crippen LogP contribution in [0.4, 0.5) is 5.69 Å². The second-order valence-corrected chi connectivity index (χ2v) is 12.8. The smallest absolute Gasteiger partial charge is 0.283 e. The van der Waals surface area contributed by atoms with Gasteiger partial charge in [-0.1, -0.05) is 23.4 Å². The van der Waals surface area contributed by atoms with Crippen molar-refractivity contribution in [2.45, 2.75) is 19.4 Å². The Morgan fingerprint density at radius 2 is 2.17 bits per heavy atom. The highest BCUT2D eigenvalue weighted by Gasteiger charge is 2.36. The number of amides is 2. The molecule has 1 saturated heterocycles. The molecule has 8 nitrogen and oxygen atoms in total. The van der Waals surface area contributed by atoms with Gasteiger partial charge in [0.1, 0.15) is 11.4 Å². The molecule has 35 heavy (non-hydrogen) atoms. The highest BCUT2D eigenvalue weighted by Crippen LogP contribution is 2.37. The van der Waals surface area contributed by atoms with E-state index in [1.807, 2.05) is 18.4 Å². The average Bonchev–Trinajstić information content (AvgIpc) is 3.48. The van der Waals surface area contributed by atoms with Crippen molar-refractivity contribution >= 4 is 73.3 Å². The number of thiophene rings is 1. The highest BCUT2D eigenvalue weighted by molar-refractivity contribution is 8.14. The molecule has 1 aromatic heterocycles. The minimum Gasteiger partial charge on any atom is -0.495 e. The summed E-state index contributed by atoms with van der Waals surface area (Å²) in [6.07, 6.45) is 2.16. The molecule has 186 valence electrons. The topological polar surface area (TPSA) is 96.3 Å². The van der Waals surface area contributed by atoms with Gasteiger partial charge < -0.3 is 9.64 Å². The number of hydrogen-bond acceptors (Lipinski definition) is 8. The van der Waals surface area contributed by atoms with Gasteiger partial charge >= 0.3 is 0 Å². The number of benzene rings is 1. The van der Waals surface area contributed by atoms with Crippen LogP contribution in [0.3, 0.4) is 0 Å². The molecular weight excluding hydrogens is 530 g/mol. The molecule has 12 heteroatoms. The number of carbonyl (C=O) groups is 2. The summed E-state index contributed by atoms with van der Waals surface area (Å²) >= 11 is 8.84. The quantitative estimate of drug-likeness (QED) is 0.504. The van der Waals surface area contributed by atoms with E-state index in [2.05, 4.69) is 4.99 Å². The van der Waals surface area contributed by atoms with Crippen LogP contribution in [0.25, 0.3) is 6.08 Å². The number of nitrogens with zero attached hydrogens (tertiary/aromatic N) is 3. The molecule has 0 unspecified atom stereocenters. The summed E-state index contributed by atoms with van der Waals surface area (Å²) in [6, 6.07) is 6.56. The van der Waals surface area contributed by atoms with E-state index in [4.69, 9.17) is 16.3 Å². The standard InChI is InChI=1S/C23H24ClN3O5S3/c1-14-6-8-33-20(14)11-17-22(29)27(18-10-15(24)4-5-19(18)32-3)23(25-17)34-12-21(28)26(2)16-7-9-35(30,31)13-16/h4-6,8,10-11,16H,7,9,12-13H2,1-3H3/b17-11+/t16-/m0/s1. The van der Waals surface area contributed by atoms with E-state index >= 15 is 0 Å². The Morgan fingerprint density at radius 1 is 1.40 bits per heavy atom. The van der Waals surface area contributed by atoms with E-state index in [1.165, 1.54) is 28.2 Å². The molecule has 4 rings (SSSR count). The van der Waals surface area contributed by atoms with Crippen LogP contribution < -0.4 is 9.64 Å². The molecule has 1 aromatic carbocycles. The van der Waals surface area contributed by atoms with Crippen LogP contribution in [-0.2, 0) is 19.4 Å². The number of halogens is 1. The maximum absolute atomic E-state index is 13.5. The molecule has 1 fully saturated rings. The molecule has 2 aliphatic rings. The first kappa shape index (κ1) is 25.7. The van der Waals surface area contributed by atoms with Gasteiger partial charge in [0.25, 0.3) is 5.91 Å². The van der Waals surface area contributed by atoms with Gasteiger partial charge in [0.2, 0.25) is 5.91 Å². The van der Waals surface area contributed by atoms with E-state index in [-0.39, 0.29) is 40.8 Å². The highest BCUT2D eigenvalue weighted by atomic mass is 35.5. The number of hydrogen-bond donors (Lipinski definition) is 0. The Balaban J connectivity index is 1.62. The van der Waals surface area contributed by atoms with Crippen LogP contribution in [0, 0.1) is 6.92 Å². The summed E-state index contributed by atoms with van der Waals surface area (Å²) in [6.45, 7) is 1.96. The van der Waals surface area contributed by atoms with Crippen molar-refractivity contribution in [1.29, 1.82) is 0 Å². The fraction of sp³-hybridized carbons (Fsp3) is 0.348. The minimum absolute atomic E-state index is 0.0101. The molecule has 0 spiro atoms. The average molecular weight is 554 g/mol. The van der Waals surface area contributed by atoms with E-state index in [1.54, 1.807) is 31.3 Å². The Morgan fingerprint density at radius 3 is 2.80 bits per heavy atom. The zero-order valence-electron chi connectivity index (χ0n) is 19.4. The lowest BCUT2D eigenvalue weighted by atomic mass is 10.2. The second kappa shape index (κ2) is 10.3. The van der Waals surface area contributed by atoms with Gasteiger partial charge in [0.05, 0.1) is 30.1 Å². The van der Waals surface area contributed by atoms with Crippen molar-refractivity contribution in [1.82, 2.24) is 4.90 Å². The largest absolute Gasteiger partial charge is 0.495 e. The normalized spacial score (nSPS) is 20.4. The molecular formula is C23H24ClN3O5S3. The molecule has 0 aliphatic carbocycles. The lowest BCUT2D eigenvalue weighted by Crippen LogP contribution is -2.39. The summed E-state index contributed by atoms with van der Waals surface area (Å²) < 4.78 is 29.1. The number of ether oxygens (including phenoxy) is 1. The monoisotopic (exact) mass is 553 g/mol. The maximum Gasteiger partial charge on any atom is 0.283 e. The van der Waals surface area contributed by atoms with E-state index in [9.17, 15) is 18.0 Å². The van der Waals surface area contributed by atoms with Crippen molar-refractivity contribution in [2.75, 3.05) is 36.3 Å². The van der Waals surface area contributed by atoms with Gasteiger partial charge in [-0.15, -0.1) is 11.3 Å². The number of sulfone groups is 1. The maximum atomic E-state index is 13.5. The van der Waals surface area contributed by atoms with Crippen molar-refractivity contribution in [3.63, 3.8) is 0 Å². The molecule has 1 atom stereocenters. The van der Waals surface area contributed by atoms with Gasteiger partial charge in [-0.3, -0.25) is 9.59 Å². The molecule has 2 amide bonds. The van der Waals surface area contributed by atoms with E-state index in [0.717, 1.165) is 22.2 Å². The van der Waals surface area contributed by atoms with Gasteiger partial charge in [-0.25, -0.2) is 18.3 Å². The molecule has 2 aliphatic heterocycles. The van der Waals surface area contributed by atoms with Crippen molar-refractivity contribution < 1.29 is 22.7 Å². The van der Waals surface area contributed by atoms with Crippen molar-refractivity contribution in [3.05, 3.63) is 50.8 Å². The zero-order valence-corrected chi connectivity index (χ0v) is 22.6. The first-order valence-corrected chi connectivity index (χ1v) is 14.8. The number of anilines is 1. The summed E-state index contributed by atoms with van der Waals surface area (Å²) in [7, 11) is -0.00749. The molecule has 0 bridgehead atoms. The van der Waals surface area contributed by atoms with Crippen LogP contribution in [0.15, 0.2) is 40.3 Å². The van der Waals surface area contributed by atoms with E-state index in [0.29, 0.717) is 28.0 Å². The van der Waals surface area contributed by atoms with Crippen LogP contribution in [0.1, 0.15) is 16.9 Å². The zero-order chi connectivity index (χ0) is 25.3. The number of amidine groups is 1. The lowest BCUT2D eigenvalue weighted by molar-refractivity contribution is -0.128. The van der Waals surface area contributed by atoms with Gasteiger partial charge in [0, 0.05) is 23.0 Å². The Hall–Kier alpha value is -2.34. The Labute approximate surface area is 217 Å². The SMILES string of the molecule is COc1ccc(Cl)cc1N1C(=O)/C(=C\c2sccc2C)N=C1SCC(=O)N(C)[C@H]1CCS(=O)(=O)C1. The first-order chi connectivity index (χ1) is 16.6. The third-order valence-corrected chi connectivity index (χ3v) is 9.73. The molecule has 3 heterocycles. The van der Waals surface area contributed by atoms with Gasteiger partial charge in [-0.2, -0.15) is 0 Å². The number of thioether (sulfide) groups is 1. The Bertz CT molecular complexity index is 1340. The van der Waals surface area contributed by atoms with E-state index < -0.39 is 9.84 Å². The van der Waals surface area contributed by atoms with Crippen LogP contribution in [0.5, 0.6) is 5.75 Å². The fourth-order valence-corrected chi connectivity index (χ4v) is 7.54. The number of methoxy groups -OCH3 is 1. The predicted molar refractivity (Wildman–Crippen MR) is 142 cm³/mol. The number of rotatable bonds is 6. The van der Waals surface area contributed by atoms with Gasteiger partial charge in [0.15, 0.2) is 15.0 Å². The molecule has 0 saturated carbocycles. The minimum atomic E-state index is -3.11. The van der Waals surface area contributed by atoms with Crippen molar-refractivity contribution in [2.24, 2.45) is 4.99 Å². The van der Waals surface area contributed by atoms with Gasteiger partial charge in [-0.05, 0) is 54.6 Å². The van der Waals surface area contributed by atoms with Crippen molar-refractivity contribution in [3.8, 4) is 5.75 Å². The molecule has 0 N–H and O–H groups in total. The summed E-state index contributed by atoms with van der Waals surface area (Å²) in [5.74, 6) is -0.116. The first-order valence-electron chi connectivity index (χ1n) is 10.7. The number of carbonyl (C=O) groups excluding carboxylic acids is 2. The van der Waals surface area contributed by atoms with Crippen LogP contribution in [-0.4, -0.2) is 67.8 Å². The summed E-state index contributed by atoms with van der Waals surface area (Å²) in [5.41, 5.74) is 1.69.